The van der Waals surface area contributed by atoms with E-state index in [2.05, 4.69) is 4.98 Å². The van der Waals surface area contributed by atoms with E-state index < -0.39 is 17.7 Å². The van der Waals surface area contributed by atoms with Crippen molar-refractivity contribution in [3.8, 4) is 0 Å². The lowest BCUT2D eigenvalue weighted by molar-refractivity contribution is -0.135. The smallest absolute Gasteiger partial charge is 0.245 e. The molecule has 1 unspecified atom stereocenters. The molecule has 0 saturated heterocycles. The van der Waals surface area contributed by atoms with Gasteiger partial charge in [0.05, 0.1) is 6.33 Å². The van der Waals surface area contributed by atoms with Gasteiger partial charge >= 0.3 is 0 Å². The molecule has 7 heteroatoms. The van der Waals surface area contributed by atoms with Crippen LogP contribution in [0.4, 0.5) is 8.78 Å². The predicted molar refractivity (Wildman–Crippen MR) is 87.3 cm³/mol. The maximum atomic E-state index is 13.4. The second-order valence-corrected chi connectivity index (χ2v) is 6.00. The van der Waals surface area contributed by atoms with Crippen LogP contribution in [0.5, 0.6) is 0 Å². The molecule has 0 aliphatic rings. The Bertz CT molecular complexity index is 673. The van der Waals surface area contributed by atoms with Crippen LogP contribution < -0.4 is 0 Å². The van der Waals surface area contributed by atoms with E-state index in [4.69, 9.17) is 0 Å². The maximum absolute atomic E-state index is 13.4. The number of amides is 1. The summed E-state index contributed by atoms with van der Waals surface area (Å²) in [4.78, 5) is 20.4. The Hall–Kier alpha value is -2.28. The lowest BCUT2D eigenvalue weighted by Crippen LogP contribution is -2.39. The van der Waals surface area contributed by atoms with Gasteiger partial charge in [-0.05, 0) is 38.7 Å². The zero-order chi connectivity index (χ0) is 17.7. The molecule has 24 heavy (non-hydrogen) atoms. The van der Waals surface area contributed by atoms with Crippen molar-refractivity contribution >= 4 is 5.91 Å². The van der Waals surface area contributed by atoms with Gasteiger partial charge in [-0.1, -0.05) is 6.07 Å². The number of imidazole rings is 1. The van der Waals surface area contributed by atoms with Gasteiger partial charge in [0.1, 0.15) is 6.04 Å². The van der Waals surface area contributed by atoms with Gasteiger partial charge in [0.25, 0.3) is 0 Å². The van der Waals surface area contributed by atoms with Gasteiger partial charge in [0.2, 0.25) is 5.91 Å². The zero-order valence-corrected chi connectivity index (χ0v) is 14.1. The molecule has 5 nitrogen and oxygen atoms in total. The molecule has 0 radical (unpaired) electrons. The molecule has 0 N–H and O–H groups in total. The molecular formula is C17H22F2N4O. The second kappa shape index (κ2) is 8.01. The van der Waals surface area contributed by atoms with E-state index in [1.165, 1.54) is 6.07 Å². The molecule has 0 aliphatic heterocycles. The van der Waals surface area contributed by atoms with Gasteiger partial charge in [-0.2, -0.15) is 0 Å². The summed E-state index contributed by atoms with van der Waals surface area (Å²) in [7, 11) is 3.83. The number of carbonyl (C=O) groups is 1. The fourth-order valence-electron chi connectivity index (χ4n) is 2.34. The van der Waals surface area contributed by atoms with E-state index in [1.54, 1.807) is 35.1 Å². The number of likely N-dealkylation sites (N-methyl/N-ethyl adjacent to an activating group) is 1. The summed E-state index contributed by atoms with van der Waals surface area (Å²) in [6, 6.07) is 3.29. The number of aromatic nitrogens is 2. The molecule has 0 spiro atoms. The van der Waals surface area contributed by atoms with Gasteiger partial charge in [-0.25, -0.2) is 13.8 Å². The van der Waals surface area contributed by atoms with Crippen molar-refractivity contribution in [2.45, 2.75) is 19.5 Å². The lowest BCUT2D eigenvalue weighted by atomic mass is 10.1. The van der Waals surface area contributed by atoms with Crippen LogP contribution >= 0.6 is 0 Å². The summed E-state index contributed by atoms with van der Waals surface area (Å²) in [5.74, 6) is -1.90. The molecule has 1 amide bonds. The van der Waals surface area contributed by atoms with Gasteiger partial charge in [-0.3, -0.25) is 4.79 Å². The highest BCUT2D eigenvalue weighted by atomic mass is 19.2. The van der Waals surface area contributed by atoms with Crippen LogP contribution in [0.3, 0.4) is 0 Å². The second-order valence-electron chi connectivity index (χ2n) is 6.00. The number of hydrogen-bond acceptors (Lipinski definition) is 3. The van der Waals surface area contributed by atoms with Crippen LogP contribution in [-0.2, 0) is 11.3 Å². The summed E-state index contributed by atoms with van der Waals surface area (Å²) in [6.45, 7) is 3.18. The topological polar surface area (TPSA) is 41.4 Å². The van der Waals surface area contributed by atoms with Crippen LogP contribution in [0.15, 0.2) is 36.9 Å². The summed E-state index contributed by atoms with van der Waals surface area (Å²) < 4.78 is 28.2. The Morgan fingerprint density at radius 1 is 1.25 bits per heavy atom. The minimum Gasteiger partial charge on any atom is -0.335 e. The van der Waals surface area contributed by atoms with Crippen LogP contribution in [0.1, 0.15) is 18.5 Å². The summed E-state index contributed by atoms with van der Waals surface area (Å²) in [5, 5.41) is 0. The van der Waals surface area contributed by atoms with Crippen LogP contribution in [0, 0.1) is 11.6 Å². The highest BCUT2D eigenvalue weighted by Gasteiger charge is 2.22. The first-order valence-corrected chi connectivity index (χ1v) is 7.73. The number of halogens is 2. The first-order valence-electron chi connectivity index (χ1n) is 7.73. The van der Waals surface area contributed by atoms with Crippen LogP contribution in [0.25, 0.3) is 0 Å². The molecule has 0 aliphatic carbocycles. The van der Waals surface area contributed by atoms with Gasteiger partial charge in [0.15, 0.2) is 11.6 Å². The van der Waals surface area contributed by atoms with Crippen molar-refractivity contribution < 1.29 is 13.6 Å². The Morgan fingerprint density at radius 3 is 2.58 bits per heavy atom. The first kappa shape index (κ1) is 18.1. The van der Waals surface area contributed by atoms with Crippen molar-refractivity contribution in [1.82, 2.24) is 19.4 Å². The summed E-state index contributed by atoms with van der Waals surface area (Å²) in [6.07, 6.45) is 4.93. The average molecular weight is 336 g/mol. The number of hydrogen-bond donors (Lipinski definition) is 0. The van der Waals surface area contributed by atoms with Gasteiger partial charge in [0, 0.05) is 32.0 Å². The van der Waals surface area contributed by atoms with E-state index >= 15 is 0 Å². The van der Waals surface area contributed by atoms with E-state index in [9.17, 15) is 13.6 Å². The summed E-state index contributed by atoms with van der Waals surface area (Å²) in [5.41, 5.74) is 0.554. The molecule has 0 saturated carbocycles. The molecule has 1 aromatic carbocycles. The van der Waals surface area contributed by atoms with E-state index in [0.717, 1.165) is 12.1 Å². The third-order valence-electron chi connectivity index (χ3n) is 3.82. The molecule has 1 atom stereocenters. The SMILES string of the molecule is CC(C(=O)N(CCN(C)C)Cc1ccc(F)c(F)c1)n1ccnc1. The Balaban J connectivity index is 2.16. The highest BCUT2D eigenvalue weighted by molar-refractivity contribution is 5.80. The molecule has 1 aromatic heterocycles. The van der Waals surface area contributed by atoms with Crippen molar-refractivity contribution in [3.63, 3.8) is 0 Å². The van der Waals surface area contributed by atoms with Gasteiger partial charge in [-0.15, -0.1) is 0 Å². The first-order chi connectivity index (χ1) is 11.4. The molecule has 0 bridgehead atoms. The Morgan fingerprint density at radius 2 is 2.00 bits per heavy atom. The third-order valence-corrected chi connectivity index (χ3v) is 3.82. The van der Waals surface area contributed by atoms with Gasteiger partial charge < -0.3 is 14.4 Å². The number of nitrogens with zero attached hydrogens (tertiary/aromatic N) is 4. The quantitative estimate of drug-likeness (QED) is 0.779. The maximum Gasteiger partial charge on any atom is 0.245 e. The Labute approximate surface area is 140 Å². The molecular weight excluding hydrogens is 314 g/mol. The highest BCUT2D eigenvalue weighted by Crippen LogP contribution is 2.15. The summed E-state index contributed by atoms with van der Waals surface area (Å²) >= 11 is 0. The molecule has 2 rings (SSSR count). The largest absolute Gasteiger partial charge is 0.335 e. The fraction of sp³-hybridized carbons (Fsp3) is 0.412. The molecule has 1 heterocycles. The molecule has 130 valence electrons. The monoisotopic (exact) mass is 336 g/mol. The minimum absolute atomic E-state index is 0.0976. The van der Waals surface area contributed by atoms with E-state index in [0.29, 0.717) is 18.7 Å². The standard InChI is InChI=1S/C17H22F2N4O/c1-13(23-7-6-20-12-23)17(24)22(9-8-21(2)3)11-14-4-5-15(18)16(19)10-14/h4-7,10,12-13H,8-9,11H2,1-3H3. The Kier molecular flexibility index (Phi) is 6.03. The van der Waals surface area contributed by atoms with E-state index in [-0.39, 0.29) is 12.5 Å². The number of benzene rings is 1. The minimum atomic E-state index is -0.907. The lowest BCUT2D eigenvalue weighted by Gasteiger charge is -2.27. The molecule has 0 fully saturated rings. The van der Waals surface area contributed by atoms with Crippen molar-refractivity contribution in [1.29, 1.82) is 0 Å². The predicted octanol–water partition coefficient (Wildman–Crippen LogP) is 2.31. The number of rotatable bonds is 7. The average Bonchev–Trinajstić information content (AvgIpc) is 3.07. The van der Waals surface area contributed by atoms with Crippen molar-refractivity contribution in [2.75, 3.05) is 27.2 Å². The number of carbonyl (C=O) groups excluding carboxylic acids is 1. The van der Waals surface area contributed by atoms with Crippen LogP contribution in [-0.4, -0.2) is 52.4 Å². The third kappa shape index (κ3) is 4.61. The normalized spacial score (nSPS) is 12.4. The fourth-order valence-corrected chi connectivity index (χ4v) is 2.34. The van der Waals surface area contributed by atoms with E-state index in [1.807, 2.05) is 19.0 Å². The molecule has 2 aromatic rings. The van der Waals surface area contributed by atoms with Crippen molar-refractivity contribution in [2.24, 2.45) is 0 Å². The zero-order valence-electron chi connectivity index (χ0n) is 14.1. The van der Waals surface area contributed by atoms with Crippen molar-refractivity contribution in [3.05, 3.63) is 54.1 Å². The van der Waals surface area contributed by atoms with Crippen LogP contribution in [0.2, 0.25) is 0 Å².